The normalized spacial score (nSPS) is 10.9. The second-order valence-electron chi connectivity index (χ2n) is 5.20. The second kappa shape index (κ2) is 8.47. The smallest absolute Gasteiger partial charge is 0.270 e. The molecular formula is C17H15FN4O4. The highest BCUT2D eigenvalue weighted by molar-refractivity contribution is 6.00. The Bertz CT molecular complexity index is 883. The number of halogens is 1. The van der Waals surface area contributed by atoms with Gasteiger partial charge in [-0.15, -0.1) is 0 Å². The molecule has 0 fully saturated rings. The molecule has 0 heterocycles. The molecule has 0 atom stereocenters. The van der Waals surface area contributed by atoms with Crippen molar-refractivity contribution >= 4 is 23.2 Å². The van der Waals surface area contributed by atoms with Gasteiger partial charge in [-0.25, -0.2) is 9.82 Å². The minimum atomic E-state index is -0.724. The van der Waals surface area contributed by atoms with Crippen LogP contribution >= 0.6 is 0 Å². The van der Waals surface area contributed by atoms with Gasteiger partial charge in [0.05, 0.1) is 22.7 Å². The van der Waals surface area contributed by atoms with Crippen molar-refractivity contribution in [1.29, 1.82) is 0 Å². The molecule has 0 spiro atoms. The molecule has 0 aliphatic heterocycles. The van der Waals surface area contributed by atoms with E-state index in [4.69, 9.17) is 0 Å². The monoisotopic (exact) mass is 358 g/mol. The third kappa shape index (κ3) is 4.94. The number of nitrogens with one attached hydrogen (secondary N) is 2. The van der Waals surface area contributed by atoms with E-state index in [0.29, 0.717) is 11.3 Å². The third-order valence-corrected chi connectivity index (χ3v) is 3.35. The zero-order chi connectivity index (χ0) is 19.1. The Morgan fingerprint density at radius 2 is 1.92 bits per heavy atom. The summed E-state index contributed by atoms with van der Waals surface area (Å²) in [6.07, 6.45) is 0. The van der Waals surface area contributed by atoms with Gasteiger partial charge in [0.2, 0.25) is 0 Å². The fourth-order valence-corrected chi connectivity index (χ4v) is 2.00. The van der Waals surface area contributed by atoms with Crippen LogP contribution in [-0.2, 0) is 4.79 Å². The molecule has 26 heavy (non-hydrogen) atoms. The summed E-state index contributed by atoms with van der Waals surface area (Å²) in [4.78, 5) is 33.8. The molecule has 9 heteroatoms. The minimum Gasteiger partial charge on any atom is -0.343 e. The predicted octanol–water partition coefficient (Wildman–Crippen LogP) is 2.00. The van der Waals surface area contributed by atoms with Gasteiger partial charge in [0.15, 0.2) is 0 Å². The van der Waals surface area contributed by atoms with Crippen LogP contribution in [0.4, 0.5) is 10.1 Å². The molecule has 0 radical (unpaired) electrons. The molecule has 2 N–H and O–H groups in total. The van der Waals surface area contributed by atoms with Crippen molar-refractivity contribution in [2.45, 2.75) is 6.92 Å². The quantitative estimate of drug-likeness (QED) is 0.467. The lowest BCUT2D eigenvalue weighted by molar-refractivity contribution is -0.384. The Balaban J connectivity index is 1.92. The minimum absolute atomic E-state index is 0.0967. The average molecular weight is 358 g/mol. The molecule has 134 valence electrons. The van der Waals surface area contributed by atoms with Crippen molar-refractivity contribution in [2.24, 2.45) is 5.10 Å². The van der Waals surface area contributed by atoms with Crippen molar-refractivity contribution < 1.29 is 18.9 Å². The second-order valence-corrected chi connectivity index (χ2v) is 5.20. The van der Waals surface area contributed by atoms with Gasteiger partial charge in [0.25, 0.3) is 17.5 Å². The number of amides is 2. The van der Waals surface area contributed by atoms with Crippen molar-refractivity contribution in [3.8, 4) is 0 Å². The molecule has 0 saturated carbocycles. The van der Waals surface area contributed by atoms with Crippen LogP contribution in [0.2, 0.25) is 0 Å². The van der Waals surface area contributed by atoms with Crippen LogP contribution in [0.1, 0.15) is 22.8 Å². The summed E-state index contributed by atoms with van der Waals surface area (Å²) < 4.78 is 13.5. The van der Waals surface area contributed by atoms with Crippen LogP contribution < -0.4 is 10.7 Å². The number of carbonyl (C=O) groups excluding carboxylic acids is 2. The molecule has 2 amide bonds. The first-order chi connectivity index (χ1) is 12.4. The number of benzene rings is 2. The maximum atomic E-state index is 13.5. The molecule has 0 aromatic heterocycles. The van der Waals surface area contributed by atoms with E-state index in [1.165, 1.54) is 36.4 Å². The summed E-state index contributed by atoms with van der Waals surface area (Å²) in [6, 6.07) is 11.2. The molecule has 2 rings (SSSR count). The molecule has 0 unspecified atom stereocenters. The van der Waals surface area contributed by atoms with Gasteiger partial charge in [0, 0.05) is 17.7 Å². The molecule has 2 aromatic rings. The van der Waals surface area contributed by atoms with E-state index in [2.05, 4.69) is 15.8 Å². The lowest BCUT2D eigenvalue weighted by Gasteiger charge is -2.06. The zero-order valence-electron chi connectivity index (χ0n) is 13.7. The van der Waals surface area contributed by atoms with Gasteiger partial charge in [0.1, 0.15) is 5.82 Å². The summed E-state index contributed by atoms with van der Waals surface area (Å²) >= 11 is 0. The lowest BCUT2D eigenvalue weighted by Crippen LogP contribution is -2.35. The third-order valence-electron chi connectivity index (χ3n) is 3.35. The Kier molecular flexibility index (Phi) is 6.10. The van der Waals surface area contributed by atoms with E-state index in [9.17, 15) is 24.1 Å². The van der Waals surface area contributed by atoms with Crippen LogP contribution in [0, 0.1) is 15.9 Å². The standard InChI is InChI=1S/C17H15FN4O4/c1-11(12-5-4-6-13(9-12)22(25)26)20-21-16(23)10-19-17(24)14-7-2-3-8-15(14)18/h2-9H,10H2,1H3,(H,19,24)(H,21,23). The van der Waals surface area contributed by atoms with Gasteiger partial charge < -0.3 is 5.32 Å². The Hall–Kier alpha value is -3.62. The van der Waals surface area contributed by atoms with E-state index < -0.39 is 29.1 Å². The number of hydrogen-bond acceptors (Lipinski definition) is 5. The van der Waals surface area contributed by atoms with Gasteiger partial charge in [-0.2, -0.15) is 5.10 Å². The maximum absolute atomic E-state index is 13.5. The van der Waals surface area contributed by atoms with Crippen LogP contribution in [0.3, 0.4) is 0 Å². The first kappa shape index (κ1) is 18.7. The molecular weight excluding hydrogens is 343 g/mol. The first-order valence-electron chi connectivity index (χ1n) is 7.49. The molecule has 0 aliphatic carbocycles. The number of nitro groups is 1. The van der Waals surface area contributed by atoms with Gasteiger partial charge in [-0.05, 0) is 19.1 Å². The van der Waals surface area contributed by atoms with Crippen molar-refractivity contribution in [3.63, 3.8) is 0 Å². The summed E-state index contributed by atoms with van der Waals surface area (Å²) in [5, 5.41) is 16.9. The zero-order valence-corrected chi connectivity index (χ0v) is 13.7. The molecule has 2 aromatic carbocycles. The molecule has 0 saturated heterocycles. The number of hydrazone groups is 1. The van der Waals surface area contributed by atoms with Crippen LogP contribution in [0.25, 0.3) is 0 Å². The molecule has 0 aliphatic rings. The fourth-order valence-electron chi connectivity index (χ4n) is 2.00. The van der Waals surface area contributed by atoms with Crippen molar-refractivity contribution in [3.05, 3.63) is 75.6 Å². The van der Waals surface area contributed by atoms with Gasteiger partial charge in [-0.1, -0.05) is 24.3 Å². The highest BCUT2D eigenvalue weighted by Crippen LogP contribution is 2.13. The van der Waals surface area contributed by atoms with Crippen molar-refractivity contribution in [1.82, 2.24) is 10.7 Å². The van der Waals surface area contributed by atoms with Gasteiger partial charge in [-0.3, -0.25) is 19.7 Å². The van der Waals surface area contributed by atoms with E-state index in [-0.39, 0.29) is 11.3 Å². The Labute approximate surface area is 147 Å². The number of nitro benzene ring substituents is 1. The van der Waals surface area contributed by atoms with Gasteiger partial charge >= 0.3 is 0 Å². The number of rotatable bonds is 6. The van der Waals surface area contributed by atoms with E-state index in [1.807, 2.05) is 0 Å². The van der Waals surface area contributed by atoms with Crippen molar-refractivity contribution in [2.75, 3.05) is 6.54 Å². The van der Waals surface area contributed by atoms with E-state index in [0.717, 1.165) is 6.07 Å². The number of carbonyl (C=O) groups is 2. The summed E-state index contributed by atoms with van der Waals surface area (Å²) in [5.41, 5.74) is 2.77. The summed E-state index contributed by atoms with van der Waals surface area (Å²) in [6.45, 7) is 1.16. The van der Waals surface area contributed by atoms with Crippen LogP contribution in [0.5, 0.6) is 0 Å². The highest BCUT2D eigenvalue weighted by atomic mass is 19.1. The largest absolute Gasteiger partial charge is 0.343 e. The summed E-state index contributed by atoms with van der Waals surface area (Å²) in [7, 11) is 0. The molecule has 8 nitrogen and oxygen atoms in total. The lowest BCUT2D eigenvalue weighted by atomic mass is 10.1. The number of nitrogens with zero attached hydrogens (tertiary/aromatic N) is 2. The number of hydrogen-bond donors (Lipinski definition) is 2. The fraction of sp³-hybridized carbons (Fsp3) is 0.118. The SMILES string of the molecule is CC(=NNC(=O)CNC(=O)c1ccccc1F)c1cccc([N+](=O)[O-])c1. The Morgan fingerprint density at radius 1 is 1.19 bits per heavy atom. The van der Waals surface area contributed by atoms with E-state index in [1.54, 1.807) is 13.0 Å². The first-order valence-corrected chi connectivity index (χ1v) is 7.49. The average Bonchev–Trinajstić information content (AvgIpc) is 2.64. The van der Waals surface area contributed by atoms with E-state index >= 15 is 0 Å². The predicted molar refractivity (Wildman–Crippen MR) is 92.2 cm³/mol. The maximum Gasteiger partial charge on any atom is 0.270 e. The number of non-ortho nitro benzene ring substituents is 1. The highest BCUT2D eigenvalue weighted by Gasteiger charge is 2.12. The van der Waals surface area contributed by atoms with Crippen LogP contribution in [-0.4, -0.2) is 29.0 Å². The van der Waals surface area contributed by atoms with Crippen LogP contribution in [0.15, 0.2) is 53.6 Å². The summed E-state index contributed by atoms with van der Waals surface area (Å²) in [5.74, 6) is -2.04. The molecule has 0 bridgehead atoms. The topological polar surface area (TPSA) is 114 Å². The Morgan fingerprint density at radius 3 is 2.62 bits per heavy atom.